The molecule has 2 heterocycles. The molecular weight excluding hydrogens is 354 g/mol. The van der Waals surface area contributed by atoms with Crippen LogP contribution in [0, 0.1) is 0 Å². The quantitative estimate of drug-likeness (QED) is 0.903. The van der Waals surface area contributed by atoms with E-state index in [2.05, 4.69) is 25.9 Å². The number of hydrogen-bond acceptors (Lipinski definition) is 3. The van der Waals surface area contributed by atoms with E-state index in [4.69, 9.17) is 0 Å². The molecule has 0 aliphatic carbocycles. The molecule has 1 aliphatic heterocycles. The molecular formula is C14H16BrN3O2S. The summed E-state index contributed by atoms with van der Waals surface area (Å²) in [7, 11) is -3.54. The summed E-state index contributed by atoms with van der Waals surface area (Å²) in [6.07, 6.45) is 6.06. The molecule has 0 spiro atoms. The van der Waals surface area contributed by atoms with Gasteiger partial charge in [0.1, 0.15) is 5.82 Å². The van der Waals surface area contributed by atoms with E-state index in [-0.39, 0.29) is 6.04 Å². The number of hydrogen-bond donors (Lipinski definition) is 1. The van der Waals surface area contributed by atoms with Gasteiger partial charge in [0.05, 0.1) is 10.9 Å². The van der Waals surface area contributed by atoms with Crippen molar-refractivity contribution >= 4 is 26.0 Å². The third-order valence-corrected chi connectivity index (χ3v) is 6.63. The first-order chi connectivity index (χ1) is 10.1. The van der Waals surface area contributed by atoms with Crippen LogP contribution in [0.4, 0.5) is 0 Å². The number of imidazole rings is 1. The van der Waals surface area contributed by atoms with Crippen LogP contribution in [0.15, 0.2) is 46.0 Å². The van der Waals surface area contributed by atoms with Crippen LogP contribution in [-0.2, 0) is 10.0 Å². The summed E-state index contributed by atoms with van der Waals surface area (Å²) in [6, 6.07) is 6.71. The fourth-order valence-electron chi connectivity index (χ4n) is 2.71. The van der Waals surface area contributed by atoms with Crippen molar-refractivity contribution in [3.05, 3.63) is 47.0 Å². The largest absolute Gasteiger partial charge is 0.347 e. The zero-order valence-corrected chi connectivity index (χ0v) is 13.8. The van der Waals surface area contributed by atoms with Gasteiger partial charge in [-0.2, -0.15) is 4.31 Å². The average molecular weight is 370 g/mol. The minimum Gasteiger partial charge on any atom is -0.347 e. The minimum atomic E-state index is -3.54. The van der Waals surface area contributed by atoms with Crippen LogP contribution in [0.1, 0.15) is 31.1 Å². The van der Waals surface area contributed by atoms with Crippen LogP contribution in [0.5, 0.6) is 0 Å². The Bertz CT molecular complexity index is 716. The zero-order chi connectivity index (χ0) is 14.9. The van der Waals surface area contributed by atoms with Gasteiger partial charge in [-0.15, -0.1) is 0 Å². The van der Waals surface area contributed by atoms with Crippen molar-refractivity contribution in [3.8, 4) is 0 Å². The van der Waals surface area contributed by atoms with E-state index >= 15 is 0 Å². The molecule has 0 amide bonds. The Morgan fingerprint density at radius 1 is 1.29 bits per heavy atom. The Morgan fingerprint density at radius 3 is 2.81 bits per heavy atom. The van der Waals surface area contributed by atoms with Crippen LogP contribution in [0.3, 0.4) is 0 Å². The topological polar surface area (TPSA) is 66.1 Å². The third-order valence-electron chi connectivity index (χ3n) is 3.71. The summed E-state index contributed by atoms with van der Waals surface area (Å²) in [5, 5.41) is 0. The van der Waals surface area contributed by atoms with E-state index < -0.39 is 10.0 Å². The monoisotopic (exact) mass is 369 g/mol. The molecule has 3 rings (SSSR count). The Morgan fingerprint density at radius 2 is 2.10 bits per heavy atom. The molecule has 1 aromatic heterocycles. The molecule has 0 bridgehead atoms. The molecule has 0 radical (unpaired) electrons. The highest BCUT2D eigenvalue weighted by Crippen LogP contribution is 2.35. The Balaban J connectivity index is 2.02. The molecule has 5 nitrogen and oxygen atoms in total. The predicted molar refractivity (Wildman–Crippen MR) is 83.2 cm³/mol. The van der Waals surface area contributed by atoms with E-state index in [9.17, 15) is 8.42 Å². The molecule has 0 saturated carbocycles. The number of halogens is 1. The zero-order valence-electron chi connectivity index (χ0n) is 11.4. The molecule has 21 heavy (non-hydrogen) atoms. The lowest BCUT2D eigenvalue weighted by Gasteiger charge is -2.33. The predicted octanol–water partition coefficient (Wildman–Crippen LogP) is 3.09. The number of sulfonamides is 1. The maximum absolute atomic E-state index is 13.0. The van der Waals surface area contributed by atoms with Crippen LogP contribution in [0.25, 0.3) is 0 Å². The van der Waals surface area contributed by atoms with Gasteiger partial charge in [0, 0.05) is 23.4 Å². The highest BCUT2D eigenvalue weighted by Gasteiger charge is 2.36. The van der Waals surface area contributed by atoms with Gasteiger partial charge in [-0.25, -0.2) is 13.4 Å². The molecule has 1 fully saturated rings. The molecule has 1 N–H and O–H groups in total. The first kappa shape index (κ1) is 14.7. The van der Waals surface area contributed by atoms with E-state index in [0.717, 1.165) is 19.3 Å². The van der Waals surface area contributed by atoms with Gasteiger partial charge in [0.25, 0.3) is 0 Å². The smallest absolute Gasteiger partial charge is 0.244 e. The Hall–Kier alpha value is -1.18. The number of piperidine rings is 1. The van der Waals surface area contributed by atoms with Gasteiger partial charge in [0.15, 0.2) is 0 Å². The molecule has 2 aromatic rings. The lowest BCUT2D eigenvalue weighted by molar-refractivity contribution is 0.247. The van der Waals surface area contributed by atoms with E-state index in [1.54, 1.807) is 34.9 Å². The van der Waals surface area contributed by atoms with Gasteiger partial charge in [-0.1, -0.05) is 18.6 Å². The van der Waals surface area contributed by atoms with Crippen LogP contribution in [0.2, 0.25) is 0 Å². The first-order valence-corrected chi connectivity index (χ1v) is 9.09. The standard InChI is InChI=1S/C14H16BrN3O2S/c15-11-5-1-2-7-13(11)21(19,20)18-10-4-3-6-12(18)14-16-8-9-17-14/h1-2,5,7-9,12H,3-4,6,10H2,(H,16,17)/t12-/m0/s1. The summed E-state index contributed by atoms with van der Waals surface area (Å²) in [5.74, 6) is 0.713. The second kappa shape index (κ2) is 5.90. The molecule has 1 aliphatic rings. The number of nitrogens with one attached hydrogen (secondary N) is 1. The number of nitrogens with zero attached hydrogens (tertiary/aromatic N) is 2. The maximum Gasteiger partial charge on any atom is 0.244 e. The van der Waals surface area contributed by atoms with E-state index in [1.165, 1.54) is 0 Å². The van der Waals surface area contributed by atoms with Crippen molar-refractivity contribution in [2.24, 2.45) is 0 Å². The fraction of sp³-hybridized carbons (Fsp3) is 0.357. The molecule has 1 aromatic carbocycles. The lowest BCUT2D eigenvalue weighted by Crippen LogP contribution is -2.39. The summed E-state index contributed by atoms with van der Waals surface area (Å²) >= 11 is 3.34. The van der Waals surface area contributed by atoms with Crippen molar-refractivity contribution < 1.29 is 8.42 Å². The van der Waals surface area contributed by atoms with Crippen LogP contribution in [-0.4, -0.2) is 29.2 Å². The van der Waals surface area contributed by atoms with Gasteiger partial charge in [0.2, 0.25) is 10.0 Å². The summed E-state index contributed by atoms with van der Waals surface area (Å²) in [5.41, 5.74) is 0. The second-order valence-electron chi connectivity index (χ2n) is 5.03. The Kier molecular flexibility index (Phi) is 4.14. The normalized spacial score (nSPS) is 20.5. The van der Waals surface area contributed by atoms with Crippen LogP contribution >= 0.6 is 15.9 Å². The fourth-order valence-corrected chi connectivity index (χ4v) is 5.33. The maximum atomic E-state index is 13.0. The SMILES string of the molecule is O=S(=O)(c1ccccc1Br)N1CCCC[C@H]1c1ncc[nH]1. The van der Waals surface area contributed by atoms with Crippen molar-refractivity contribution in [2.75, 3.05) is 6.54 Å². The van der Waals surface area contributed by atoms with Gasteiger partial charge in [-0.05, 0) is 40.9 Å². The number of aromatic nitrogens is 2. The van der Waals surface area contributed by atoms with E-state index in [1.807, 2.05) is 6.07 Å². The highest BCUT2D eigenvalue weighted by molar-refractivity contribution is 9.10. The van der Waals surface area contributed by atoms with E-state index in [0.29, 0.717) is 21.7 Å². The number of H-pyrrole nitrogens is 1. The molecule has 112 valence electrons. The molecule has 1 atom stereocenters. The lowest BCUT2D eigenvalue weighted by atomic mass is 10.0. The van der Waals surface area contributed by atoms with Crippen molar-refractivity contribution in [1.82, 2.24) is 14.3 Å². The first-order valence-electron chi connectivity index (χ1n) is 6.86. The molecule has 0 unspecified atom stereocenters. The molecule has 1 saturated heterocycles. The number of benzene rings is 1. The number of rotatable bonds is 3. The third kappa shape index (κ3) is 2.77. The second-order valence-corrected chi connectivity index (χ2v) is 7.75. The summed E-state index contributed by atoms with van der Waals surface area (Å²) < 4.78 is 28.1. The number of aromatic amines is 1. The molecule has 7 heteroatoms. The van der Waals surface area contributed by atoms with Gasteiger partial charge < -0.3 is 4.98 Å². The Labute approximate surface area is 132 Å². The summed E-state index contributed by atoms with van der Waals surface area (Å²) in [4.78, 5) is 7.60. The average Bonchev–Trinajstić information content (AvgIpc) is 3.01. The highest BCUT2D eigenvalue weighted by atomic mass is 79.9. The minimum absolute atomic E-state index is 0.217. The van der Waals surface area contributed by atoms with Crippen molar-refractivity contribution in [3.63, 3.8) is 0 Å². The van der Waals surface area contributed by atoms with Crippen molar-refractivity contribution in [2.45, 2.75) is 30.2 Å². The van der Waals surface area contributed by atoms with Gasteiger partial charge in [-0.3, -0.25) is 0 Å². The van der Waals surface area contributed by atoms with Crippen LogP contribution < -0.4 is 0 Å². The summed E-state index contributed by atoms with van der Waals surface area (Å²) in [6.45, 7) is 0.523. The van der Waals surface area contributed by atoms with Gasteiger partial charge >= 0.3 is 0 Å². The van der Waals surface area contributed by atoms with Crippen molar-refractivity contribution in [1.29, 1.82) is 0 Å².